The van der Waals surface area contributed by atoms with Crippen LogP contribution < -0.4 is 5.32 Å². The van der Waals surface area contributed by atoms with Gasteiger partial charge in [-0.1, -0.05) is 6.92 Å². The van der Waals surface area contributed by atoms with E-state index in [4.69, 9.17) is 0 Å². The molecule has 0 spiro atoms. The average molecular weight is 275 g/mol. The molecule has 1 N–H and O–H groups in total. The maximum atomic E-state index is 12.3. The molecule has 2 saturated heterocycles. The Kier molecular flexibility index (Phi) is 3.93. The molecule has 1 amide bonds. The van der Waals surface area contributed by atoms with Crippen molar-refractivity contribution in [3.63, 3.8) is 0 Å². The summed E-state index contributed by atoms with van der Waals surface area (Å²) in [4.78, 5) is 14.1. The molecule has 104 valence electrons. The number of nitrogens with zero attached hydrogens (tertiary/aromatic N) is 2. The Morgan fingerprint density at radius 2 is 1.78 bits per heavy atom. The Bertz CT molecular complexity index is 415. The average Bonchev–Trinajstić information content (AvgIpc) is 2.73. The summed E-state index contributed by atoms with van der Waals surface area (Å²) < 4.78 is 24.2. The molecule has 0 saturated carbocycles. The smallest absolute Gasteiger partial charge is 0.227 e. The molecule has 2 atom stereocenters. The summed E-state index contributed by atoms with van der Waals surface area (Å²) in [5, 5.41) is 3.22. The fourth-order valence-electron chi connectivity index (χ4n) is 2.62. The van der Waals surface area contributed by atoms with Gasteiger partial charge in [-0.15, -0.1) is 0 Å². The summed E-state index contributed by atoms with van der Waals surface area (Å²) in [7, 11) is -3.12. The van der Waals surface area contributed by atoms with Gasteiger partial charge in [-0.3, -0.25) is 4.79 Å². The lowest BCUT2D eigenvalue weighted by Gasteiger charge is -2.35. The highest BCUT2D eigenvalue weighted by atomic mass is 32.2. The number of rotatable bonds is 2. The van der Waals surface area contributed by atoms with Crippen LogP contribution in [0.3, 0.4) is 0 Å². The molecule has 18 heavy (non-hydrogen) atoms. The zero-order valence-electron chi connectivity index (χ0n) is 10.9. The fourth-order valence-corrected chi connectivity index (χ4v) is 3.44. The monoisotopic (exact) mass is 275 g/mol. The van der Waals surface area contributed by atoms with E-state index in [1.807, 2.05) is 0 Å². The van der Waals surface area contributed by atoms with Gasteiger partial charge < -0.3 is 10.2 Å². The second kappa shape index (κ2) is 5.14. The normalized spacial score (nSPS) is 30.7. The molecular formula is C11H21N3O3S. The van der Waals surface area contributed by atoms with Crippen LogP contribution in [-0.2, 0) is 14.8 Å². The van der Waals surface area contributed by atoms with E-state index in [2.05, 4.69) is 12.2 Å². The molecule has 0 aromatic rings. The van der Waals surface area contributed by atoms with Gasteiger partial charge in [0.15, 0.2) is 0 Å². The number of sulfonamides is 1. The SMILES string of the molecule is CC1CNCC1C(=O)N1CCN(S(C)(=O)=O)CC1. The van der Waals surface area contributed by atoms with Crippen LogP contribution >= 0.6 is 0 Å². The van der Waals surface area contributed by atoms with E-state index in [9.17, 15) is 13.2 Å². The lowest BCUT2D eigenvalue weighted by molar-refractivity contribution is -0.137. The fraction of sp³-hybridized carbons (Fsp3) is 0.909. The first-order chi connectivity index (χ1) is 8.39. The molecule has 2 aliphatic heterocycles. The quantitative estimate of drug-likeness (QED) is 0.698. The molecule has 6 nitrogen and oxygen atoms in total. The van der Waals surface area contributed by atoms with Crippen molar-refractivity contribution in [3.8, 4) is 0 Å². The van der Waals surface area contributed by atoms with Crippen LogP contribution in [0, 0.1) is 11.8 Å². The van der Waals surface area contributed by atoms with Crippen LogP contribution in [0.2, 0.25) is 0 Å². The van der Waals surface area contributed by atoms with Gasteiger partial charge in [0.2, 0.25) is 15.9 Å². The lowest BCUT2D eigenvalue weighted by atomic mass is 9.96. The molecule has 2 rings (SSSR count). The first-order valence-electron chi connectivity index (χ1n) is 6.34. The Morgan fingerprint density at radius 1 is 1.17 bits per heavy atom. The Morgan fingerprint density at radius 3 is 2.22 bits per heavy atom. The van der Waals surface area contributed by atoms with E-state index >= 15 is 0 Å². The van der Waals surface area contributed by atoms with Gasteiger partial charge in [-0.2, -0.15) is 4.31 Å². The van der Waals surface area contributed by atoms with Crippen LogP contribution in [0.4, 0.5) is 0 Å². The minimum absolute atomic E-state index is 0.0507. The highest BCUT2D eigenvalue weighted by Crippen LogP contribution is 2.19. The summed E-state index contributed by atoms with van der Waals surface area (Å²) in [6, 6.07) is 0. The molecule has 2 aliphatic rings. The van der Waals surface area contributed by atoms with Crippen molar-refractivity contribution in [1.29, 1.82) is 0 Å². The summed E-state index contributed by atoms with van der Waals surface area (Å²) in [5.41, 5.74) is 0. The standard InChI is InChI=1S/C11H21N3O3S/c1-9-7-12-8-10(9)11(15)13-3-5-14(6-4-13)18(2,16)17/h9-10,12H,3-8H2,1-2H3. The Labute approximate surface area is 108 Å². The summed E-state index contributed by atoms with van der Waals surface area (Å²) in [6.45, 7) is 5.56. The maximum Gasteiger partial charge on any atom is 0.227 e. The van der Waals surface area contributed by atoms with Crippen molar-refractivity contribution in [3.05, 3.63) is 0 Å². The zero-order valence-corrected chi connectivity index (χ0v) is 11.7. The topological polar surface area (TPSA) is 69.7 Å². The molecular weight excluding hydrogens is 254 g/mol. The summed E-state index contributed by atoms with van der Waals surface area (Å²) in [6.07, 6.45) is 1.22. The van der Waals surface area contributed by atoms with Crippen LogP contribution in [-0.4, -0.2) is 69.1 Å². The van der Waals surface area contributed by atoms with Gasteiger partial charge in [0.05, 0.1) is 12.2 Å². The van der Waals surface area contributed by atoms with Crippen molar-refractivity contribution in [2.24, 2.45) is 11.8 Å². The van der Waals surface area contributed by atoms with E-state index in [1.54, 1.807) is 4.90 Å². The first kappa shape index (κ1) is 13.8. The van der Waals surface area contributed by atoms with Crippen molar-refractivity contribution < 1.29 is 13.2 Å². The number of hydrogen-bond acceptors (Lipinski definition) is 4. The molecule has 0 bridgehead atoms. The van der Waals surface area contributed by atoms with Crippen LogP contribution in [0.15, 0.2) is 0 Å². The van der Waals surface area contributed by atoms with E-state index in [0.29, 0.717) is 32.1 Å². The lowest BCUT2D eigenvalue weighted by Crippen LogP contribution is -2.52. The van der Waals surface area contributed by atoms with Gasteiger partial charge in [-0.05, 0) is 12.5 Å². The van der Waals surface area contributed by atoms with Crippen molar-refractivity contribution >= 4 is 15.9 Å². The van der Waals surface area contributed by atoms with Gasteiger partial charge in [0.25, 0.3) is 0 Å². The minimum Gasteiger partial charge on any atom is -0.340 e. The maximum absolute atomic E-state index is 12.3. The second-order valence-electron chi connectivity index (χ2n) is 5.23. The zero-order chi connectivity index (χ0) is 13.3. The van der Waals surface area contributed by atoms with Crippen molar-refractivity contribution in [2.45, 2.75) is 6.92 Å². The molecule has 2 unspecified atom stereocenters. The second-order valence-corrected chi connectivity index (χ2v) is 7.21. The Hall–Kier alpha value is -0.660. The molecule has 0 aromatic heterocycles. The summed E-state index contributed by atoms with van der Waals surface area (Å²) in [5.74, 6) is 0.584. The van der Waals surface area contributed by atoms with Crippen LogP contribution in [0.5, 0.6) is 0 Å². The first-order valence-corrected chi connectivity index (χ1v) is 8.19. The number of amides is 1. The molecule has 2 fully saturated rings. The van der Waals surface area contributed by atoms with Gasteiger partial charge in [-0.25, -0.2) is 8.42 Å². The van der Waals surface area contributed by atoms with E-state index in [0.717, 1.165) is 13.1 Å². The largest absolute Gasteiger partial charge is 0.340 e. The summed E-state index contributed by atoms with van der Waals surface area (Å²) >= 11 is 0. The highest BCUT2D eigenvalue weighted by Gasteiger charge is 2.34. The van der Waals surface area contributed by atoms with Crippen molar-refractivity contribution in [1.82, 2.24) is 14.5 Å². The Balaban J connectivity index is 1.92. The minimum atomic E-state index is -3.12. The number of nitrogens with one attached hydrogen (secondary N) is 1. The van der Waals surface area contributed by atoms with E-state index in [-0.39, 0.29) is 11.8 Å². The number of piperazine rings is 1. The number of carbonyl (C=O) groups excluding carboxylic acids is 1. The van der Waals surface area contributed by atoms with Crippen LogP contribution in [0.1, 0.15) is 6.92 Å². The predicted octanol–water partition coefficient (Wildman–Crippen LogP) is -1.05. The van der Waals surface area contributed by atoms with E-state index in [1.165, 1.54) is 10.6 Å². The molecule has 2 heterocycles. The molecule has 7 heteroatoms. The molecule has 0 aliphatic carbocycles. The third-order valence-electron chi connectivity index (χ3n) is 3.85. The third-order valence-corrected chi connectivity index (χ3v) is 5.16. The third kappa shape index (κ3) is 2.84. The number of carbonyl (C=O) groups is 1. The van der Waals surface area contributed by atoms with Gasteiger partial charge >= 0.3 is 0 Å². The predicted molar refractivity (Wildman–Crippen MR) is 68.5 cm³/mol. The van der Waals surface area contributed by atoms with Gasteiger partial charge in [0.1, 0.15) is 0 Å². The van der Waals surface area contributed by atoms with Crippen LogP contribution in [0.25, 0.3) is 0 Å². The van der Waals surface area contributed by atoms with E-state index < -0.39 is 10.0 Å². The van der Waals surface area contributed by atoms with Gasteiger partial charge in [0, 0.05) is 32.7 Å². The van der Waals surface area contributed by atoms with Crippen molar-refractivity contribution in [2.75, 3.05) is 45.5 Å². The molecule has 0 aromatic carbocycles. The molecule has 0 radical (unpaired) electrons. The number of hydrogen-bond donors (Lipinski definition) is 1. The highest BCUT2D eigenvalue weighted by molar-refractivity contribution is 7.88.